The molecule has 12 rings (SSSR count). The Hall–Kier alpha value is -7.16. The molecule has 0 atom stereocenters. The minimum Gasteiger partial charge on any atom is -0.457 e. The Kier molecular flexibility index (Phi) is 6.29. The van der Waals surface area contributed by atoms with Gasteiger partial charge in [-0.3, -0.25) is 0 Å². The maximum Gasteiger partial charge on any atom is 0.134 e. The summed E-state index contributed by atoms with van der Waals surface area (Å²) in [5.74, 6) is 3.36. The van der Waals surface area contributed by atoms with Crippen LogP contribution in [0.15, 0.2) is 199 Å². The lowest BCUT2D eigenvalue weighted by Crippen LogP contribution is -2.32. The average Bonchev–Trinajstić information content (AvgIpc) is 3.87. The number of fused-ring (bicyclic) bond motifs is 15. The van der Waals surface area contributed by atoms with Crippen molar-refractivity contribution in [1.29, 1.82) is 0 Å². The summed E-state index contributed by atoms with van der Waals surface area (Å²) in [5, 5.41) is 7.70. The molecule has 1 aliphatic heterocycles. The van der Waals surface area contributed by atoms with Crippen LogP contribution in [-0.4, -0.2) is 0 Å². The van der Waals surface area contributed by atoms with E-state index in [0.29, 0.717) is 0 Å². The van der Waals surface area contributed by atoms with Crippen LogP contribution in [0.25, 0.3) is 77.2 Å². The van der Waals surface area contributed by atoms with Crippen LogP contribution in [-0.2, 0) is 5.41 Å². The highest BCUT2D eigenvalue weighted by Crippen LogP contribution is 2.62. The molecule has 55 heavy (non-hydrogen) atoms. The maximum absolute atomic E-state index is 6.73. The first kappa shape index (κ1) is 30.3. The third-order valence-electron chi connectivity index (χ3n) is 12.0. The van der Waals surface area contributed by atoms with Gasteiger partial charge in [-0.25, -0.2) is 0 Å². The van der Waals surface area contributed by atoms with E-state index < -0.39 is 5.41 Å². The van der Waals surface area contributed by atoms with Gasteiger partial charge in [0.2, 0.25) is 0 Å². The van der Waals surface area contributed by atoms with E-state index in [0.717, 1.165) is 39.7 Å². The summed E-state index contributed by atoms with van der Waals surface area (Å²) in [7, 11) is 0. The van der Waals surface area contributed by atoms with Gasteiger partial charge in [0.1, 0.15) is 23.0 Å². The summed E-state index contributed by atoms with van der Waals surface area (Å²) in [6.45, 7) is 0. The molecule has 1 aromatic heterocycles. The monoisotopic (exact) mass is 700 g/mol. The van der Waals surface area contributed by atoms with Crippen molar-refractivity contribution in [3.05, 3.63) is 216 Å². The summed E-state index contributed by atoms with van der Waals surface area (Å²) in [5.41, 5.74) is 11.3. The Morgan fingerprint density at radius 1 is 0.291 bits per heavy atom. The lowest BCUT2D eigenvalue weighted by Gasteiger charge is -2.39. The molecule has 0 fully saturated rings. The van der Waals surface area contributed by atoms with Crippen LogP contribution in [0.1, 0.15) is 22.3 Å². The minimum atomic E-state index is -0.474. The Balaban J connectivity index is 0.909. The van der Waals surface area contributed by atoms with E-state index in [1.165, 1.54) is 71.3 Å². The van der Waals surface area contributed by atoms with E-state index in [-0.39, 0.29) is 0 Å². The number of hydrogen-bond donors (Lipinski definition) is 0. The van der Waals surface area contributed by atoms with E-state index in [1.807, 2.05) is 0 Å². The third kappa shape index (κ3) is 4.25. The van der Waals surface area contributed by atoms with Crippen LogP contribution in [0.3, 0.4) is 0 Å². The Morgan fingerprint density at radius 3 is 1.44 bits per heavy atom. The molecule has 0 saturated heterocycles. The second-order valence-electron chi connectivity index (χ2n) is 14.7. The van der Waals surface area contributed by atoms with Crippen molar-refractivity contribution in [3.8, 4) is 56.4 Å². The molecule has 0 radical (unpaired) electrons. The van der Waals surface area contributed by atoms with Crippen molar-refractivity contribution in [3.63, 3.8) is 0 Å². The van der Waals surface area contributed by atoms with Crippen molar-refractivity contribution in [2.45, 2.75) is 5.41 Å². The number of para-hydroxylation sites is 1. The van der Waals surface area contributed by atoms with Crippen LogP contribution >= 0.6 is 0 Å². The number of benzene rings is 9. The lowest BCUT2D eigenvalue weighted by atomic mass is 9.66. The highest BCUT2D eigenvalue weighted by Gasteiger charge is 2.50. The van der Waals surface area contributed by atoms with Crippen LogP contribution in [0, 0.1) is 0 Å². The Bertz CT molecular complexity index is 3100. The summed E-state index contributed by atoms with van der Waals surface area (Å²) < 4.78 is 13.3. The zero-order valence-electron chi connectivity index (χ0n) is 29.8. The number of hydrogen-bond acceptors (Lipinski definition) is 2. The topological polar surface area (TPSA) is 22.4 Å². The van der Waals surface area contributed by atoms with Crippen molar-refractivity contribution >= 4 is 32.3 Å². The molecule has 0 saturated carbocycles. The number of ether oxygens (including phenoxy) is 1. The molecule has 0 unspecified atom stereocenters. The minimum absolute atomic E-state index is 0.474. The fourth-order valence-corrected chi connectivity index (χ4v) is 9.58. The molecule has 10 aromatic rings. The number of furan rings is 1. The molecule has 2 aliphatic rings. The standard InChI is InChI=1S/C53H32O2/c1-2-13-39-37(11-1)38-12-3-4-14-40(38)44-31-35(25-27-41(39)44)33-21-23-34(24-22-33)49-29-30-50(54-49)36-26-28-48-52(32-36)55-51-20-10-9-19-47(51)53(48)45-17-7-5-15-42(45)43-16-6-8-18-46(43)53/h1-32H. The summed E-state index contributed by atoms with van der Waals surface area (Å²) in [4.78, 5) is 0. The van der Waals surface area contributed by atoms with Gasteiger partial charge in [0, 0.05) is 22.3 Å². The first-order chi connectivity index (χ1) is 27.3. The number of rotatable bonds is 3. The van der Waals surface area contributed by atoms with E-state index in [2.05, 4.69) is 194 Å². The van der Waals surface area contributed by atoms with Crippen LogP contribution in [0.5, 0.6) is 11.5 Å². The molecule has 0 bridgehead atoms. The van der Waals surface area contributed by atoms with E-state index in [4.69, 9.17) is 9.15 Å². The van der Waals surface area contributed by atoms with Gasteiger partial charge in [0.25, 0.3) is 0 Å². The molecule has 2 heterocycles. The normalized spacial score (nSPS) is 13.4. The van der Waals surface area contributed by atoms with Crippen molar-refractivity contribution in [2.75, 3.05) is 0 Å². The summed E-state index contributed by atoms with van der Waals surface area (Å²) in [6.07, 6.45) is 0. The van der Waals surface area contributed by atoms with E-state index >= 15 is 0 Å². The van der Waals surface area contributed by atoms with Crippen molar-refractivity contribution in [1.82, 2.24) is 0 Å². The molecular formula is C53H32O2. The van der Waals surface area contributed by atoms with E-state index in [1.54, 1.807) is 0 Å². The first-order valence-corrected chi connectivity index (χ1v) is 18.9. The molecule has 2 heteroatoms. The SMILES string of the molecule is c1ccc2c(c1)Oc1cc(-c3ccc(-c4ccc(-c5ccc6c7ccccc7c7ccccc7c6c5)cc4)o3)ccc1C21c2ccccc2-c2ccccc21. The van der Waals surface area contributed by atoms with Gasteiger partial charge in [-0.05, 0) is 96.0 Å². The Morgan fingerprint density at radius 2 is 0.764 bits per heavy atom. The quantitative estimate of drug-likeness (QED) is 0.171. The summed E-state index contributed by atoms with van der Waals surface area (Å²) >= 11 is 0. The first-order valence-electron chi connectivity index (χ1n) is 18.9. The van der Waals surface area contributed by atoms with Gasteiger partial charge in [0.15, 0.2) is 0 Å². The molecule has 256 valence electrons. The third-order valence-corrected chi connectivity index (χ3v) is 12.0. The predicted molar refractivity (Wildman–Crippen MR) is 225 cm³/mol. The fourth-order valence-electron chi connectivity index (χ4n) is 9.58. The average molecular weight is 701 g/mol. The van der Waals surface area contributed by atoms with Crippen LogP contribution in [0.2, 0.25) is 0 Å². The molecule has 2 nitrogen and oxygen atoms in total. The lowest BCUT2D eigenvalue weighted by molar-refractivity contribution is 0.436. The van der Waals surface area contributed by atoms with Crippen molar-refractivity contribution < 1.29 is 9.15 Å². The largest absolute Gasteiger partial charge is 0.457 e. The van der Waals surface area contributed by atoms with Crippen LogP contribution in [0.4, 0.5) is 0 Å². The van der Waals surface area contributed by atoms with Gasteiger partial charge < -0.3 is 9.15 Å². The second kappa shape index (κ2) is 11.4. The molecule has 0 amide bonds. The van der Waals surface area contributed by atoms with Gasteiger partial charge in [-0.2, -0.15) is 0 Å². The van der Waals surface area contributed by atoms with Crippen LogP contribution < -0.4 is 4.74 Å². The highest BCUT2D eigenvalue weighted by molar-refractivity contribution is 6.25. The van der Waals surface area contributed by atoms with E-state index in [9.17, 15) is 0 Å². The zero-order chi connectivity index (χ0) is 36.1. The molecule has 1 aliphatic carbocycles. The predicted octanol–water partition coefficient (Wildman–Crippen LogP) is 14.2. The summed E-state index contributed by atoms with van der Waals surface area (Å²) in [6, 6.07) is 69.9. The molecule has 0 N–H and O–H groups in total. The molecule has 9 aromatic carbocycles. The molecular weight excluding hydrogens is 669 g/mol. The zero-order valence-corrected chi connectivity index (χ0v) is 29.8. The van der Waals surface area contributed by atoms with Crippen molar-refractivity contribution in [2.24, 2.45) is 0 Å². The van der Waals surface area contributed by atoms with Gasteiger partial charge in [-0.1, -0.05) is 164 Å². The van der Waals surface area contributed by atoms with Gasteiger partial charge >= 0.3 is 0 Å². The fraction of sp³-hybridized carbons (Fsp3) is 0.0189. The maximum atomic E-state index is 6.73. The smallest absolute Gasteiger partial charge is 0.134 e. The van der Waals surface area contributed by atoms with Gasteiger partial charge in [0.05, 0.1) is 5.41 Å². The Labute approximate surface area is 318 Å². The van der Waals surface area contributed by atoms with Gasteiger partial charge in [-0.15, -0.1) is 0 Å². The second-order valence-corrected chi connectivity index (χ2v) is 14.7. The highest BCUT2D eigenvalue weighted by atomic mass is 16.5. The molecule has 1 spiro atoms.